The first-order valence-corrected chi connectivity index (χ1v) is 7.97. The largest absolute Gasteiger partial charge is 0.507 e. The molecule has 0 bridgehead atoms. The summed E-state index contributed by atoms with van der Waals surface area (Å²) in [5, 5.41) is 13.3. The molecule has 0 fully saturated rings. The Hall–Kier alpha value is -3.47. The molecule has 5 heteroatoms. The van der Waals surface area contributed by atoms with E-state index in [1.807, 2.05) is 42.5 Å². The summed E-state index contributed by atoms with van der Waals surface area (Å²) in [4.78, 5) is 13.5. The van der Waals surface area contributed by atoms with Crippen molar-refractivity contribution in [3.05, 3.63) is 54.7 Å². The molecule has 5 nitrogen and oxygen atoms in total. The van der Waals surface area contributed by atoms with Gasteiger partial charge in [0.1, 0.15) is 12.4 Å². The number of hydrogen-bond donors (Lipinski definition) is 1. The fourth-order valence-electron chi connectivity index (χ4n) is 3.24. The van der Waals surface area contributed by atoms with Crippen LogP contribution in [-0.4, -0.2) is 27.9 Å². The summed E-state index contributed by atoms with van der Waals surface area (Å²) in [5.41, 5.74) is 2.84. The number of aliphatic imine (C=N–C) groups is 1. The molecule has 4 aromatic rings. The Morgan fingerprint density at radius 2 is 1.96 bits per heavy atom. The lowest BCUT2D eigenvalue weighted by molar-refractivity contribution is 0.372. The van der Waals surface area contributed by atoms with Crippen LogP contribution in [-0.2, 0) is 0 Å². The van der Waals surface area contributed by atoms with Crippen LogP contribution in [0.1, 0.15) is 0 Å². The highest BCUT2D eigenvalue weighted by Gasteiger charge is 2.18. The minimum Gasteiger partial charge on any atom is -0.507 e. The molecule has 1 aliphatic heterocycles. The van der Waals surface area contributed by atoms with Gasteiger partial charge in [-0.15, -0.1) is 0 Å². The van der Waals surface area contributed by atoms with E-state index in [1.165, 1.54) is 0 Å². The zero-order valence-corrected chi connectivity index (χ0v) is 13.2. The van der Waals surface area contributed by atoms with Crippen molar-refractivity contribution in [2.75, 3.05) is 6.61 Å². The van der Waals surface area contributed by atoms with E-state index in [4.69, 9.17) is 4.74 Å². The lowest BCUT2D eigenvalue weighted by Crippen LogP contribution is -2.00. The van der Waals surface area contributed by atoms with Crippen LogP contribution in [0.15, 0.2) is 59.7 Å². The maximum Gasteiger partial charge on any atom is 0.226 e. The molecule has 1 N–H and O–H groups in total. The molecule has 3 heterocycles. The molecule has 5 rings (SSSR count). The van der Waals surface area contributed by atoms with Crippen LogP contribution >= 0.6 is 0 Å². The Bertz CT molecular complexity index is 1170. The van der Waals surface area contributed by atoms with Gasteiger partial charge in [0.25, 0.3) is 0 Å². The minimum atomic E-state index is 0.179. The molecule has 2 aromatic heterocycles. The zero-order valence-electron chi connectivity index (χ0n) is 13.2. The van der Waals surface area contributed by atoms with Gasteiger partial charge in [-0.1, -0.05) is 30.3 Å². The Morgan fingerprint density at radius 1 is 1.04 bits per heavy atom. The van der Waals surface area contributed by atoms with E-state index in [2.05, 4.69) is 15.0 Å². The summed E-state index contributed by atoms with van der Waals surface area (Å²) in [7, 11) is 0. The Balaban J connectivity index is 1.87. The number of fused-ring (bicyclic) bond motifs is 1. The van der Waals surface area contributed by atoms with Gasteiger partial charge in [-0.3, -0.25) is 9.98 Å². The van der Waals surface area contributed by atoms with Crippen LogP contribution in [0.2, 0.25) is 0 Å². The maximum atomic E-state index is 10.5. The van der Waals surface area contributed by atoms with Gasteiger partial charge in [0.15, 0.2) is 0 Å². The van der Waals surface area contributed by atoms with Crippen LogP contribution in [0.5, 0.6) is 11.6 Å². The van der Waals surface area contributed by atoms with Gasteiger partial charge in [-0.2, -0.15) is 0 Å². The van der Waals surface area contributed by atoms with Gasteiger partial charge in [0.05, 0.1) is 27.8 Å². The van der Waals surface area contributed by atoms with E-state index < -0.39 is 0 Å². The van der Waals surface area contributed by atoms with Crippen LogP contribution in [0.3, 0.4) is 0 Å². The van der Waals surface area contributed by atoms with Crippen molar-refractivity contribution in [3.63, 3.8) is 0 Å². The number of aromatic nitrogens is 2. The number of rotatable bonds is 1. The lowest BCUT2D eigenvalue weighted by Gasteiger charge is -2.12. The molecule has 2 aromatic carbocycles. The van der Waals surface area contributed by atoms with Crippen molar-refractivity contribution in [2.45, 2.75) is 0 Å². The van der Waals surface area contributed by atoms with E-state index in [0.29, 0.717) is 23.7 Å². The Morgan fingerprint density at radius 3 is 2.92 bits per heavy atom. The number of aromatic hydroxyl groups is 1. The third-order valence-electron chi connectivity index (χ3n) is 4.36. The third-order valence-corrected chi connectivity index (χ3v) is 4.36. The first-order chi connectivity index (χ1) is 12.3. The van der Waals surface area contributed by atoms with Gasteiger partial charge in [-0.25, -0.2) is 4.98 Å². The number of phenols is 1. The highest BCUT2D eigenvalue weighted by atomic mass is 16.5. The van der Waals surface area contributed by atoms with Crippen molar-refractivity contribution in [3.8, 4) is 22.9 Å². The number of benzene rings is 2. The molecule has 0 spiro atoms. The van der Waals surface area contributed by atoms with E-state index >= 15 is 0 Å². The van der Waals surface area contributed by atoms with Crippen LogP contribution in [0.4, 0.5) is 5.69 Å². The first-order valence-electron chi connectivity index (χ1n) is 7.97. The molecule has 120 valence electrons. The number of nitrogens with zero attached hydrogens (tertiary/aromatic N) is 3. The second-order valence-electron chi connectivity index (χ2n) is 5.84. The maximum absolute atomic E-state index is 10.5. The van der Waals surface area contributed by atoms with Crippen molar-refractivity contribution < 1.29 is 9.84 Å². The smallest absolute Gasteiger partial charge is 0.226 e. The van der Waals surface area contributed by atoms with E-state index in [0.717, 1.165) is 27.4 Å². The summed E-state index contributed by atoms with van der Waals surface area (Å²) in [6.45, 7) is 0.349. The molecule has 0 atom stereocenters. The molecule has 0 unspecified atom stereocenters. The van der Waals surface area contributed by atoms with E-state index in [-0.39, 0.29) is 5.75 Å². The molecule has 1 aliphatic rings. The second-order valence-corrected chi connectivity index (χ2v) is 5.84. The van der Waals surface area contributed by atoms with Gasteiger partial charge in [0, 0.05) is 12.4 Å². The fourth-order valence-corrected chi connectivity index (χ4v) is 3.24. The zero-order chi connectivity index (χ0) is 16.8. The molecular weight excluding hydrogens is 314 g/mol. The first kappa shape index (κ1) is 13.9. The average Bonchev–Trinajstić information content (AvgIpc) is 2.85. The lowest BCUT2D eigenvalue weighted by atomic mass is 10.00. The van der Waals surface area contributed by atoms with E-state index in [9.17, 15) is 5.11 Å². The van der Waals surface area contributed by atoms with Gasteiger partial charge < -0.3 is 9.84 Å². The molecule has 25 heavy (non-hydrogen) atoms. The molecule has 0 saturated heterocycles. The quantitative estimate of drug-likeness (QED) is 0.567. The normalized spacial score (nSPS) is 13.0. The fraction of sp³-hybridized carbons (Fsp3) is 0.0500. The Kier molecular flexibility index (Phi) is 2.94. The number of ether oxygens (including phenoxy) is 1. The molecule has 0 aliphatic carbocycles. The van der Waals surface area contributed by atoms with Crippen LogP contribution < -0.4 is 4.74 Å². The summed E-state index contributed by atoms with van der Waals surface area (Å²) >= 11 is 0. The van der Waals surface area contributed by atoms with Crippen LogP contribution in [0, 0.1) is 0 Å². The SMILES string of the molecule is Oc1ccc2ccccc2c1-c1cc2nccc3c2c(n1)OCC=N3. The summed E-state index contributed by atoms with van der Waals surface area (Å²) in [6, 6.07) is 15.2. The van der Waals surface area contributed by atoms with Crippen molar-refractivity contribution >= 4 is 33.6 Å². The highest BCUT2D eigenvalue weighted by Crippen LogP contribution is 2.40. The summed E-state index contributed by atoms with van der Waals surface area (Å²) in [5.74, 6) is 0.666. The molecular formula is C20H13N3O2. The Labute approximate surface area is 143 Å². The summed E-state index contributed by atoms with van der Waals surface area (Å²) < 4.78 is 5.75. The number of pyridine rings is 2. The van der Waals surface area contributed by atoms with Crippen molar-refractivity contribution in [1.82, 2.24) is 9.97 Å². The van der Waals surface area contributed by atoms with Crippen LogP contribution in [0.25, 0.3) is 32.9 Å². The minimum absolute atomic E-state index is 0.179. The molecule has 0 amide bonds. The van der Waals surface area contributed by atoms with E-state index in [1.54, 1.807) is 18.5 Å². The highest BCUT2D eigenvalue weighted by molar-refractivity contribution is 6.02. The molecule has 0 radical (unpaired) electrons. The number of phenolic OH excluding ortho intramolecular Hbond substituents is 1. The number of hydrogen-bond acceptors (Lipinski definition) is 5. The summed E-state index contributed by atoms with van der Waals surface area (Å²) in [6.07, 6.45) is 3.43. The third kappa shape index (κ3) is 2.13. The van der Waals surface area contributed by atoms with Gasteiger partial charge in [0.2, 0.25) is 5.88 Å². The predicted octanol–water partition coefficient (Wildman–Crippen LogP) is 4.25. The van der Waals surface area contributed by atoms with Crippen molar-refractivity contribution in [2.24, 2.45) is 4.99 Å². The van der Waals surface area contributed by atoms with Gasteiger partial charge in [-0.05, 0) is 29.0 Å². The second kappa shape index (κ2) is 5.27. The van der Waals surface area contributed by atoms with Gasteiger partial charge >= 0.3 is 0 Å². The standard InChI is InChI=1S/C20H13N3O2/c24-17-6-5-12-3-1-2-4-13(12)18(17)16-11-15-19-14(7-8-21-15)22-9-10-25-20(19)23-16/h1-9,11,24H,10H2. The average molecular weight is 327 g/mol. The molecule has 0 saturated carbocycles. The topological polar surface area (TPSA) is 67.6 Å². The van der Waals surface area contributed by atoms with Crippen molar-refractivity contribution in [1.29, 1.82) is 0 Å². The monoisotopic (exact) mass is 327 g/mol. The predicted molar refractivity (Wildman–Crippen MR) is 97.8 cm³/mol.